The number of fused-ring (bicyclic) bond motifs is 1. The predicted molar refractivity (Wildman–Crippen MR) is 120 cm³/mol. The summed E-state index contributed by atoms with van der Waals surface area (Å²) in [4.78, 5) is 14.7. The SMILES string of the molecule is O=C(O)COc1cccc2c1CCCC2NS(=O)(=O)c1ccc(-c2ccccc2C(F)(F)F)nc1. The Hall–Kier alpha value is -3.44. The molecule has 2 aromatic carbocycles. The van der Waals surface area contributed by atoms with E-state index in [0.29, 0.717) is 30.6 Å². The molecule has 0 saturated carbocycles. The highest BCUT2D eigenvalue weighted by Gasteiger charge is 2.34. The van der Waals surface area contributed by atoms with E-state index in [-0.39, 0.29) is 16.2 Å². The number of rotatable bonds is 7. The van der Waals surface area contributed by atoms with Gasteiger partial charge in [-0.25, -0.2) is 17.9 Å². The number of carboxylic acids is 1. The molecule has 0 radical (unpaired) electrons. The number of carbonyl (C=O) groups is 1. The Bertz CT molecular complexity index is 1340. The maximum absolute atomic E-state index is 13.3. The van der Waals surface area contributed by atoms with Gasteiger partial charge in [-0.1, -0.05) is 30.3 Å². The molecule has 4 rings (SSSR count). The molecule has 35 heavy (non-hydrogen) atoms. The molecule has 1 heterocycles. The first-order valence-corrected chi connectivity index (χ1v) is 12.2. The molecule has 11 heteroatoms. The molecule has 184 valence electrons. The van der Waals surface area contributed by atoms with Gasteiger partial charge in [-0.05, 0) is 54.7 Å². The number of carboxylic acid groups (broad SMARTS) is 1. The minimum atomic E-state index is -4.58. The van der Waals surface area contributed by atoms with Crippen molar-refractivity contribution in [3.05, 3.63) is 77.5 Å². The third kappa shape index (κ3) is 5.46. The summed E-state index contributed by atoms with van der Waals surface area (Å²) in [7, 11) is -4.05. The van der Waals surface area contributed by atoms with Crippen LogP contribution < -0.4 is 9.46 Å². The third-order valence-corrected chi connectivity index (χ3v) is 7.12. The zero-order valence-electron chi connectivity index (χ0n) is 18.2. The highest BCUT2D eigenvalue weighted by Crippen LogP contribution is 2.38. The van der Waals surface area contributed by atoms with Gasteiger partial charge in [0.15, 0.2) is 6.61 Å². The largest absolute Gasteiger partial charge is 0.482 e. The normalized spacial score (nSPS) is 15.9. The van der Waals surface area contributed by atoms with Crippen LogP contribution in [0.15, 0.2) is 65.7 Å². The van der Waals surface area contributed by atoms with Gasteiger partial charge in [-0.15, -0.1) is 0 Å². The second kappa shape index (κ2) is 9.67. The third-order valence-electron chi connectivity index (χ3n) is 5.67. The van der Waals surface area contributed by atoms with Crippen LogP contribution in [0.25, 0.3) is 11.3 Å². The first kappa shape index (κ1) is 24.7. The minimum absolute atomic E-state index is 0.000100. The van der Waals surface area contributed by atoms with Gasteiger partial charge in [0.1, 0.15) is 10.6 Å². The molecule has 1 aromatic heterocycles. The lowest BCUT2D eigenvalue weighted by molar-refractivity contribution is -0.139. The minimum Gasteiger partial charge on any atom is -0.482 e. The van der Waals surface area contributed by atoms with Crippen molar-refractivity contribution in [2.24, 2.45) is 0 Å². The molecule has 1 unspecified atom stereocenters. The topological polar surface area (TPSA) is 106 Å². The fourth-order valence-corrected chi connectivity index (χ4v) is 5.31. The second-order valence-electron chi connectivity index (χ2n) is 7.99. The first-order valence-electron chi connectivity index (χ1n) is 10.7. The summed E-state index contributed by atoms with van der Waals surface area (Å²) >= 11 is 0. The van der Waals surface area contributed by atoms with Crippen molar-refractivity contribution in [3.8, 4) is 17.0 Å². The van der Waals surface area contributed by atoms with Gasteiger partial charge in [0, 0.05) is 17.8 Å². The van der Waals surface area contributed by atoms with Crippen LogP contribution in [0.2, 0.25) is 0 Å². The summed E-state index contributed by atoms with van der Waals surface area (Å²) in [6.07, 6.45) is -1.77. The molecule has 0 aliphatic heterocycles. The van der Waals surface area contributed by atoms with E-state index in [0.717, 1.165) is 17.8 Å². The van der Waals surface area contributed by atoms with Crippen LogP contribution in [0.4, 0.5) is 13.2 Å². The van der Waals surface area contributed by atoms with Crippen molar-refractivity contribution in [2.75, 3.05) is 6.61 Å². The number of aromatic nitrogens is 1. The van der Waals surface area contributed by atoms with E-state index >= 15 is 0 Å². The predicted octanol–water partition coefficient (Wildman–Crippen LogP) is 4.59. The molecule has 2 N–H and O–H groups in total. The van der Waals surface area contributed by atoms with E-state index in [1.54, 1.807) is 18.2 Å². The summed E-state index contributed by atoms with van der Waals surface area (Å²) in [6, 6.07) is 11.9. The molecule has 3 aromatic rings. The van der Waals surface area contributed by atoms with Crippen molar-refractivity contribution < 1.29 is 36.2 Å². The van der Waals surface area contributed by atoms with E-state index in [2.05, 4.69) is 9.71 Å². The first-order chi connectivity index (χ1) is 16.6. The van der Waals surface area contributed by atoms with E-state index < -0.39 is 40.4 Å². The van der Waals surface area contributed by atoms with E-state index in [1.165, 1.54) is 30.3 Å². The molecule has 0 amide bonds. The van der Waals surface area contributed by atoms with Gasteiger partial charge in [-0.2, -0.15) is 13.2 Å². The number of hydrogen-bond donors (Lipinski definition) is 2. The number of benzene rings is 2. The summed E-state index contributed by atoms with van der Waals surface area (Å²) in [5.41, 5.74) is 0.421. The van der Waals surface area contributed by atoms with Crippen LogP contribution in [0.1, 0.15) is 35.6 Å². The number of sulfonamides is 1. The van der Waals surface area contributed by atoms with Crippen molar-refractivity contribution in [2.45, 2.75) is 36.4 Å². The molecule has 0 saturated heterocycles. The smallest absolute Gasteiger partial charge is 0.417 e. The Kier molecular flexibility index (Phi) is 6.82. The van der Waals surface area contributed by atoms with Crippen LogP contribution in [-0.4, -0.2) is 31.1 Å². The number of pyridine rings is 1. The Morgan fingerprint density at radius 1 is 1.11 bits per heavy atom. The van der Waals surface area contributed by atoms with Crippen molar-refractivity contribution in [3.63, 3.8) is 0 Å². The molecule has 1 atom stereocenters. The van der Waals surface area contributed by atoms with E-state index in [4.69, 9.17) is 9.84 Å². The average Bonchev–Trinajstić information content (AvgIpc) is 2.82. The summed E-state index contributed by atoms with van der Waals surface area (Å²) in [6.45, 7) is -0.512. The van der Waals surface area contributed by atoms with Crippen molar-refractivity contribution >= 4 is 16.0 Å². The molecule has 1 aliphatic carbocycles. The monoisotopic (exact) mass is 506 g/mol. The summed E-state index contributed by atoms with van der Waals surface area (Å²) in [5, 5.41) is 8.88. The molecule has 0 bridgehead atoms. The average molecular weight is 507 g/mol. The van der Waals surface area contributed by atoms with Gasteiger partial charge in [0.05, 0.1) is 11.3 Å². The van der Waals surface area contributed by atoms with E-state index in [9.17, 15) is 26.4 Å². The molecule has 0 fully saturated rings. The lowest BCUT2D eigenvalue weighted by Crippen LogP contribution is -2.31. The number of halogens is 3. The van der Waals surface area contributed by atoms with Gasteiger partial charge in [-0.3, -0.25) is 4.98 Å². The zero-order chi connectivity index (χ0) is 25.2. The van der Waals surface area contributed by atoms with Crippen molar-refractivity contribution in [1.29, 1.82) is 0 Å². The van der Waals surface area contributed by atoms with Crippen LogP contribution in [0, 0.1) is 0 Å². The summed E-state index contributed by atoms with van der Waals surface area (Å²) < 4.78 is 74.1. The maximum Gasteiger partial charge on any atom is 0.417 e. The Labute approximate surface area is 199 Å². The fraction of sp³-hybridized carbons (Fsp3) is 0.250. The van der Waals surface area contributed by atoms with Crippen LogP contribution in [0.3, 0.4) is 0 Å². The lowest BCUT2D eigenvalue weighted by Gasteiger charge is -2.27. The fourth-order valence-electron chi connectivity index (χ4n) is 4.12. The Morgan fingerprint density at radius 3 is 2.57 bits per heavy atom. The maximum atomic E-state index is 13.3. The molecule has 7 nitrogen and oxygen atoms in total. The van der Waals surface area contributed by atoms with Crippen LogP contribution in [0.5, 0.6) is 5.75 Å². The number of nitrogens with one attached hydrogen (secondary N) is 1. The number of ether oxygens (including phenoxy) is 1. The molecular formula is C24H21F3N2O5S. The zero-order valence-corrected chi connectivity index (χ0v) is 19.1. The molecular weight excluding hydrogens is 485 g/mol. The highest BCUT2D eigenvalue weighted by molar-refractivity contribution is 7.89. The van der Waals surface area contributed by atoms with Crippen molar-refractivity contribution in [1.82, 2.24) is 9.71 Å². The summed E-state index contributed by atoms with van der Waals surface area (Å²) in [5.74, 6) is -0.729. The molecule has 1 aliphatic rings. The molecule has 0 spiro atoms. The second-order valence-corrected chi connectivity index (χ2v) is 9.71. The quantitative estimate of drug-likeness (QED) is 0.486. The van der Waals surface area contributed by atoms with Crippen LogP contribution >= 0.6 is 0 Å². The lowest BCUT2D eigenvalue weighted by atomic mass is 9.87. The number of hydrogen-bond acceptors (Lipinski definition) is 5. The number of nitrogens with zero attached hydrogens (tertiary/aromatic N) is 1. The standard InChI is InChI=1S/C24H21F3N2O5S/c25-24(26,27)19-8-2-1-5-18(19)20-12-11-15(13-28-20)35(32,33)29-21-9-3-7-17-16(21)6-4-10-22(17)34-14-23(30)31/h1-2,4-6,8,10-13,21,29H,3,7,9,14H2,(H,30,31). The van der Waals surface area contributed by atoms with E-state index in [1.807, 2.05) is 0 Å². The Morgan fingerprint density at radius 2 is 1.89 bits per heavy atom. The Balaban J connectivity index is 1.58. The van der Waals surface area contributed by atoms with Gasteiger partial charge in [0.25, 0.3) is 0 Å². The number of aliphatic carboxylic acids is 1. The van der Waals surface area contributed by atoms with Gasteiger partial charge < -0.3 is 9.84 Å². The van der Waals surface area contributed by atoms with Gasteiger partial charge >= 0.3 is 12.1 Å². The van der Waals surface area contributed by atoms with Crippen LogP contribution in [-0.2, 0) is 27.4 Å². The number of alkyl halides is 3. The van der Waals surface area contributed by atoms with Gasteiger partial charge in [0.2, 0.25) is 10.0 Å². The highest BCUT2D eigenvalue weighted by atomic mass is 32.2.